The Balaban J connectivity index is 1.98. The van der Waals surface area contributed by atoms with Gasteiger partial charge in [0.05, 0.1) is 13.2 Å². The van der Waals surface area contributed by atoms with Crippen LogP contribution in [0.25, 0.3) is 0 Å². The molecule has 1 aliphatic rings. The molecule has 0 amide bonds. The highest BCUT2D eigenvalue weighted by Gasteiger charge is 2.22. The number of likely N-dealkylation sites (tertiary alicyclic amines) is 1. The van der Waals surface area contributed by atoms with Crippen molar-refractivity contribution in [3.8, 4) is 0 Å². The van der Waals surface area contributed by atoms with Crippen LogP contribution in [0.5, 0.6) is 0 Å². The Labute approximate surface area is 104 Å². The number of hydrogen-bond donors (Lipinski definition) is 1. The smallest absolute Gasteiger partial charge is 0.305 e. The third-order valence-electron chi connectivity index (χ3n) is 3.34. The molecule has 1 saturated heterocycles. The van der Waals surface area contributed by atoms with Crippen LogP contribution in [0, 0.1) is 0 Å². The van der Waals surface area contributed by atoms with E-state index in [9.17, 15) is 4.79 Å². The topological polar surface area (TPSA) is 49.8 Å². The van der Waals surface area contributed by atoms with Crippen LogP contribution >= 0.6 is 0 Å². The lowest BCUT2D eigenvalue weighted by atomic mass is 10.2. The van der Waals surface area contributed by atoms with Crippen molar-refractivity contribution in [2.24, 2.45) is 0 Å². The second kappa shape index (κ2) is 8.48. The van der Waals surface area contributed by atoms with Crippen molar-refractivity contribution < 1.29 is 14.6 Å². The molecule has 0 bridgehead atoms. The van der Waals surface area contributed by atoms with Gasteiger partial charge in [-0.25, -0.2) is 0 Å². The van der Waals surface area contributed by atoms with Gasteiger partial charge in [0.25, 0.3) is 0 Å². The van der Waals surface area contributed by atoms with Gasteiger partial charge in [0.1, 0.15) is 0 Å². The van der Waals surface area contributed by atoms with Gasteiger partial charge in [-0.15, -0.1) is 0 Å². The standard InChI is InChI=1S/C13H25NO3/c1-2-17-13(16)8-4-3-5-9-14-10-6-7-12(14)11-15/h12,15H,2-11H2,1H3/t12-/m1/s1. The molecule has 4 nitrogen and oxygen atoms in total. The Bertz CT molecular complexity index is 221. The number of unbranched alkanes of at least 4 members (excludes halogenated alkanes) is 2. The first kappa shape index (κ1) is 14.5. The number of ether oxygens (including phenoxy) is 1. The van der Waals surface area contributed by atoms with E-state index >= 15 is 0 Å². The summed E-state index contributed by atoms with van der Waals surface area (Å²) >= 11 is 0. The van der Waals surface area contributed by atoms with Crippen molar-refractivity contribution in [3.63, 3.8) is 0 Å². The van der Waals surface area contributed by atoms with Crippen molar-refractivity contribution in [3.05, 3.63) is 0 Å². The summed E-state index contributed by atoms with van der Waals surface area (Å²) in [4.78, 5) is 13.5. The third-order valence-corrected chi connectivity index (χ3v) is 3.34. The Morgan fingerprint density at radius 1 is 1.41 bits per heavy atom. The number of hydrogen-bond acceptors (Lipinski definition) is 4. The molecule has 0 aliphatic carbocycles. The molecular formula is C13H25NO3. The Morgan fingerprint density at radius 3 is 2.94 bits per heavy atom. The van der Waals surface area contributed by atoms with E-state index in [-0.39, 0.29) is 12.6 Å². The number of aliphatic hydroxyl groups excluding tert-OH is 1. The quantitative estimate of drug-likeness (QED) is 0.519. The highest BCUT2D eigenvalue weighted by atomic mass is 16.5. The summed E-state index contributed by atoms with van der Waals surface area (Å²) < 4.78 is 4.87. The highest BCUT2D eigenvalue weighted by molar-refractivity contribution is 5.69. The minimum atomic E-state index is -0.0816. The molecule has 0 radical (unpaired) electrons. The van der Waals surface area contributed by atoms with Gasteiger partial charge in [-0.05, 0) is 45.7 Å². The van der Waals surface area contributed by atoms with Crippen LogP contribution in [0.3, 0.4) is 0 Å². The lowest BCUT2D eigenvalue weighted by Gasteiger charge is -2.22. The van der Waals surface area contributed by atoms with Crippen LogP contribution in [-0.2, 0) is 9.53 Å². The SMILES string of the molecule is CCOC(=O)CCCCCN1CCC[C@@H]1CO. The maximum atomic E-state index is 11.1. The molecule has 0 aromatic heterocycles. The summed E-state index contributed by atoms with van der Waals surface area (Å²) in [6.07, 6.45) is 5.95. The zero-order valence-corrected chi connectivity index (χ0v) is 10.9. The van der Waals surface area contributed by atoms with Gasteiger partial charge in [0, 0.05) is 12.5 Å². The summed E-state index contributed by atoms with van der Waals surface area (Å²) in [5, 5.41) is 9.17. The van der Waals surface area contributed by atoms with Crippen LogP contribution in [0.2, 0.25) is 0 Å². The molecule has 1 heterocycles. The molecule has 1 aliphatic heterocycles. The predicted octanol–water partition coefficient (Wildman–Crippen LogP) is 1.57. The summed E-state index contributed by atoms with van der Waals surface area (Å²) in [5.41, 5.74) is 0. The second-order valence-corrected chi connectivity index (χ2v) is 4.63. The fourth-order valence-corrected chi connectivity index (χ4v) is 2.39. The zero-order valence-electron chi connectivity index (χ0n) is 10.9. The Hall–Kier alpha value is -0.610. The average Bonchev–Trinajstić information content (AvgIpc) is 2.76. The first-order valence-corrected chi connectivity index (χ1v) is 6.78. The third kappa shape index (κ3) is 5.50. The van der Waals surface area contributed by atoms with E-state index < -0.39 is 0 Å². The maximum absolute atomic E-state index is 11.1. The molecule has 0 unspecified atom stereocenters. The van der Waals surface area contributed by atoms with E-state index in [4.69, 9.17) is 9.84 Å². The number of carbonyl (C=O) groups excluding carboxylic acids is 1. The van der Waals surface area contributed by atoms with Gasteiger partial charge >= 0.3 is 5.97 Å². The molecular weight excluding hydrogens is 218 g/mol. The second-order valence-electron chi connectivity index (χ2n) is 4.63. The molecule has 1 atom stereocenters. The van der Waals surface area contributed by atoms with Gasteiger partial charge < -0.3 is 9.84 Å². The van der Waals surface area contributed by atoms with E-state index in [1.165, 1.54) is 6.42 Å². The van der Waals surface area contributed by atoms with E-state index in [1.807, 2.05) is 6.92 Å². The summed E-state index contributed by atoms with van der Waals surface area (Å²) in [7, 11) is 0. The monoisotopic (exact) mass is 243 g/mol. The summed E-state index contributed by atoms with van der Waals surface area (Å²) in [5.74, 6) is -0.0816. The van der Waals surface area contributed by atoms with Crippen molar-refractivity contribution in [1.29, 1.82) is 0 Å². The molecule has 0 aromatic rings. The van der Waals surface area contributed by atoms with Crippen molar-refractivity contribution >= 4 is 5.97 Å². The molecule has 0 aromatic carbocycles. The number of rotatable bonds is 8. The number of esters is 1. The van der Waals surface area contributed by atoms with Gasteiger partial charge in [-0.3, -0.25) is 9.69 Å². The lowest BCUT2D eigenvalue weighted by Crippen LogP contribution is -2.32. The number of aliphatic hydroxyl groups is 1. The first-order chi connectivity index (χ1) is 8.27. The minimum Gasteiger partial charge on any atom is -0.466 e. The maximum Gasteiger partial charge on any atom is 0.305 e. The van der Waals surface area contributed by atoms with Crippen LogP contribution in [-0.4, -0.2) is 48.3 Å². The van der Waals surface area contributed by atoms with E-state index in [0.717, 1.165) is 38.8 Å². The molecule has 0 spiro atoms. The van der Waals surface area contributed by atoms with Gasteiger partial charge in [0.15, 0.2) is 0 Å². The van der Waals surface area contributed by atoms with E-state index in [1.54, 1.807) is 0 Å². The average molecular weight is 243 g/mol. The summed E-state index contributed by atoms with van der Waals surface area (Å²) in [6.45, 7) is 4.76. The largest absolute Gasteiger partial charge is 0.466 e. The van der Waals surface area contributed by atoms with Crippen molar-refractivity contribution in [1.82, 2.24) is 4.90 Å². The van der Waals surface area contributed by atoms with E-state index in [0.29, 0.717) is 19.1 Å². The first-order valence-electron chi connectivity index (χ1n) is 6.78. The molecule has 0 saturated carbocycles. The highest BCUT2D eigenvalue weighted by Crippen LogP contribution is 2.17. The summed E-state index contributed by atoms with van der Waals surface area (Å²) in [6, 6.07) is 0.375. The number of carbonyl (C=O) groups is 1. The van der Waals surface area contributed by atoms with Crippen LogP contribution in [0.15, 0.2) is 0 Å². The van der Waals surface area contributed by atoms with Crippen LogP contribution in [0.1, 0.15) is 45.4 Å². The van der Waals surface area contributed by atoms with Gasteiger partial charge in [-0.1, -0.05) is 6.42 Å². The molecule has 1 fully saturated rings. The van der Waals surface area contributed by atoms with Crippen molar-refractivity contribution in [2.75, 3.05) is 26.3 Å². The van der Waals surface area contributed by atoms with Crippen molar-refractivity contribution in [2.45, 2.75) is 51.5 Å². The Kier molecular flexibility index (Phi) is 7.21. The van der Waals surface area contributed by atoms with E-state index in [2.05, 4.69) is 4.90 Å². The molecule has 100 valence electrons. The van der Waals surface area contributed by atoms with Crippen LogP contribution in [0.4, 0.5) is 0 Å². The fourth-order valence-electron chi connectivity index (χ4n) is 2.39. The fraction of sp³-hybridized carbons (Fsp3) is 0.923. The lowest BCUT2D eigenvalue weighted by molar-refractivity contribution is -0.143. The normalized spacial score (nSPS) is 20.7. The molecule has 1 rings (SSSR count). The van der Waals surface area contributed by atoms with Gasteiger partial charge in [-0.2, -0.15) is 0 Å². The Morgan fingerprint density at radius 2 is 2.24 bits per heavy atom. The molecule has 4 heteroatoms. The van der Waals surface area contributed by atoms with Crippen LogP contribution < -0.4 is 0 Å². The molecule has 1 N–H and O–H groups in total. The molecule has 17 heavy (non-hydrogen) atoms. The predicted molar refractivity (Wildman–Crippen MR) is 66.8 cm³/mol. The minimum absolute atomic E-state index is 0.0816. The zero-order chi connectivity index (χ0) is 12.5. The number of nitrogens with zero attached hydrogens (tertiary/aromatic N) is 1. The van der Waals surface area contributed by atoms with Gasteiger partial charge in [0.2, 0.25) is 0 Å².